The molecule has 0 aromatic heterocycles. The molecule has 2 nitrogen and oxygen atoms in total. The number of para-hydroxylation sites is 2. The van der Waals surface area contributed by atoms with Crippen LogP contribution in [-0.4, -0.2) is 16.1 Å². The highest BCUT2D eigenvalue weighted by molar-refractivity contribution is 6.90. The van der Waals surface area contributed by atoms with Gasteiger partial charge >= 0.3 is 0 Å². The molecular weight excluding hydrogens is 857 g/mol. The summed E-state index contributed by atoms with van der Waals surface area (Å²) < 4.78 is 65.7. The molecule has 0 N–H and O–H groups in total. The van der Waals surface area contributed by atoms with Crippen LogP contribution in [-0.2, 0) is 0 Å². The fourth-order valence-corrected chi connectivity index (χ4v) is 12.9. The van der Waals surface area contributed by atoms with Gasteiger partial charge in [-0.2, -0.15) is 0 Å². The summed E-state index contributed by atoms with van der Waals surface area (Å²) in [4.78, 5) is 3.76. The average molecular weight is 905 g/mol. The average Bonchev–Trinajstić information content (AvgIpc) is 3.30. The van der Waals surface area contributed by atoms with Crippen LogP contribution in [0.15, 0.2) is 182 Å². The lowest BCUT2D eigenvalue weighted by molar-refractivity contribution is 0.586. The van der Waals surface area contributed by atoms with Gasteiger partial charge in [0.2, 0.25) is 0 Å². The highest BCUT2D eigenvalue weighted by Crippen LogP contribution is 2.49. The van der Waals surface area contributed by atoms with Gasteiger partial charge in [0.25, 0.3) is 0 Å². The molecule has 66 heavy (non-hydrogen) atoms. The second kappa shape index (κ2) is 16.5. The molecule has 0 aliphatic carbocycles. The summed E-state index contributed by atoms with van der Waals surface area (Å²) in [7, 11) is -3.89. The maximum absolute atomic E-state index is 16.7. The topological polar surface area (TPSA) is 6.48 Å². The van der Waals surface area contributed by atoms with Gasteiger partial charge in [0.1, 0.15) is 23.3 Å². The molecule has 0 atom stereocenters. The first kappa shape index (κ1) is 42.9. The van der Waals surface area contributed by atoms with E-state index in [-0.39, 0.29) is 11.4 Å². The molecule has 0 heterocycles. The zero-order valence-corrected chi connectivity index (χ0v) is 39.7. The normalized spacial score (nSPS) is 12.1. The van der Waals surface area contributed by atoms with Crippen LogP contribution in [0.1, 0.15) is 0 Å². The maximum Gasteiger partial charge on any atom is 0.150 e. The van der Waals surface area contributed by atoms with E-state index in [9.17, 15) is 0 Å². The summed E-state index contributed by atoms with van der Waals surface area (Å²) in [5.41, 5.74) is 5.46. The van der Waals surface area contributed by atoms with Gasteiger partial charge in [-0.25, -0.2) is 17.6 Å². The number of benzene rings is 10. The number of hydrogen-bond donors (Lipinski definition) is 0. The van der Waals surface area contributed by atoms with Crippen molar-refractivity contribution in [2.24, 2.45) is 0 Å². The molecular formula is C58H48F4N2Si2. The highest BCUT2D eigenvalue weighted by Gasteiger charge is 2.29. The molecule has 0 spiro atoms. The van der Waals surface area contributed by atoms with E-state index < -0.39 is 39.4 Å². The van der Waals surface area contributed by atoms with E-state index in [4.69, 9.17) is 0 Å². The fourth-order valence-electron chi connectivity index (χ4n) is 9.70. The van der Waals surface area contributed by atoms with Crippen LogP contribution < -0.4 is 20.2 Å². The molecule has 326 valence electrons. The molecule has 10 aromatic rings. The molecule has 0 aliphatic rings. The smallest absolute Gasteiger partial charge is 0.150 e. The second-order valence-electron chi connectivity index (χ2n) is 19.1. The molecule has 0 saturated heterocycles. The quantitative estimate of drug-likeness (QED) is 0.0766. The van der Waals surface area contributed by atoms with Gasteiger partial charge in [-0.1, -0.05) is 171 Å². The van der Waals surface area contributed by atoms with Crippen LogP contribution in [0.25, 0.3) is 54.6 Å². The second-order valence-corrected chi connectivity index (χ2v) is 29.2. The van der Waals surface area contributed by atoms with Crippen LogP contribution in [0, 0.1) is 23.3 Å². The van der Waals surface area contributed by atoms with Crippen molar-refractivity contribution in [1.82, 2.24) is 0 Å². The van der Waals surface area contributed by atoms with Crippen molar-refractivity contribution < 1.29 is 17.6 Å². The van der Waals surface area contributed by atoms with E-state index in [1.165, 1.54) is 0 Å². The summed E-state index contributed by atoms with van der Waals surface area (Å²) in [6.45, 7) is 13.3. The Labute approximate surface area is 385 Å². The Morgan fingerprint density at radius 1 is 0.318 bits per heavy atom. The van der Waals surface area contributed by atoms with Crippen molar-refractivity contribution in [2.45, 2.75) is 39.3 Å². The number of halogens is 4. The van der Waals surface area contributed by atoms with E-state index in [2.05, 4.69) is 75.7 Å². The predicted octanol–water partition coefficient (Wildman–Crippen LogP) is 16.5. The van der Waals surface area contributed by atoms with Crippen molar-refractivity contribution in [3.05, 3.63) is 205 Å². The Balaban J connectivity index is 1.21. The van der Waals surface area contributed by atoms with Crippen LogP contribution in [0.5, 0.6) is 0 Å². The van der Waals surface area contributed by atoms with Gasteiger partial charge in [0, 0.05) is 45.4 Å². The summed E-state index contributed by atoms with van der Waals surface area (Å²) in [5, 5.41) is 7.68. The van der Waals surface area contributed by atoms with Gasteiger partial charge in [0.15, 0.2) is 0 Å². The third kappa shape index (κ3) is 7.44. The van der Waals surface area contributed by atoms with E-state index in [0.29, 0.717) is 33.9 Å². The zero-order chi connectivity index (χ0) is 46.1. The van der Waals surface area contributed by atoms with Gasteiger partial charge in [-0.05, 0) is 81.2 Å². The largest absolute Gasteiger partial charge is 0.307 e. The lowest BCUT2D eigenvalue weighted by Gasteiger charge is -2.30. The first-order valence-electron chi connectivity index (χ1n) is 22.3. The summed E-state index contributed by atoms with van der Waals surface area (Å²) in [6.07, 6.45) is 0. The molecule has 0 saturated carbocycles. The minimum atomic E-state index is -1.95. The molecule has 0 radical (unpaired) electrons. The maximum atomic E-state index is 16.7. The van der Waals surface area contributed by atoms with E-state index in [1.54, 1.807) is 12.1 Å². The van der Waals surface area contributed by atoms with E-state index in [0.717, 1.165) is 66.0 Å². The Bertz CT molecular complexity index is 3220. The molecule has 0 unspecified atom stereocenters. The van der Waals surface area contributed by atoms with E-state index in [1.807, 2.05) is 131 Å². The van der Waals surface area contributed by atoms with Gasteiger partial charge in [-0.15, -0.1) is 0 Å². The lowest BCUT2D eigenvalue weighted by atomic mass is 9.91. The molecule has 0 aliphatic heterocycles. The number of rotatable bonds is 10. The van der Waals surface area contributed by atoms with Crippen LogP contribution in [0.4, 0.5) is 51.7 Å². The van der Waals surface area contributed by atoms with E-state index >= 15 is 17.6 Å². The standard InChI is InChI=1S/C58H48F4N2Si2/c1-65(2,3)55-23-15-13-21-41(55)45-33-53(49(61)35-47(45)59)63(39-17-9-7-10-18-39)51-31-27-37-26-30-44-52(32-28-38-25-29-43(51)57(37)58(38)44)64(40-19-11-8-12-20-40)54-34-46(48(60)36-50(54)62)42-22-14-16-24-56(42)66(4,5)6/h7-36H,1-6H3. The van der Waals surface area contributed by atoms with Crippen molar-refractivity contribution in [3.8, 4) is 22.3 Å². The first-order valence-corrected chi connectivity index (χ1v) is 29.3. The molecule has 0 fully saturated rings. The predicted molar refractivity (Wildman–Crippen MR) is 276 cm³/mol. The first-order chi connectivity index (χ1) is 31.7. The number of nitrogens with zero attached hydrogens (tertiary/aromatic N) is 2. The monoisotopic (exact) mass is 904 g/mol. The minimum Gasteiger partial charge on any atom is -0.307 e. The Morgan fingerprint density at radius 2 is 0.667 bits per heavy atom. The highest BCUT2D eigenvalue weighted by atomic mass is 28.3. The molecule has 0 bridgehead atoms. The van der Waals surface area contributed by atoms with Crippen LogP contribution in [0.2, 0.25) is 39.3 Å². The van der Waals surface area contributed by atoms with Gasteiger partial charge in [0.05, 0.1) is 38.9 Å². The Hall–Kier alpha value is -7.01. The van der Waals surface area contributed by atoms with Crippen molar-refractivity contribution in [3.63, 3.8) is 0 Å². The molecule has 8 heteroatoms. The van der Waals surface area contributed by atoms with Crippen molar-refractivity contribution >= 4 is 93.0 Å². The third-order valence-electron chi connectivity index (χ3n) is 12.7. The SMILES string of the molecule is C[Si](C)(C)c1ccccc1-c1cc(N(c2ccccc2)c2ccc3ccc4c(N(c5ccccc5)c5cc(-c6ccccc6[Si](C)(C)C)c(F)cc5F)ccc5ccc2c3c54)c(F)cc1F. The van der Waals surface area contributed by atoms with Crippen molar-refractivity contribution in [1.29, 1.82) is 0 Å². The minimum absolute atomic E-state index is 0.215. The third-order valence-corrected chi connectivity index (χ3v) is 16.8. The summed E-state index contributed by atoms with van der Waals surface area (Å²) >= 11 is 0. The Morgan fingerprint density at radius 3 is 1.05 bits per heavy atom. The van der Waals surface area contributed by atoms with Gasteiger partial charge < -0.3 is 9.80 Å². The molecule has 10 aromatic carbocycles. The lowest BCUT2D eigenvalue weighted by Crippen LogP contribution is -2.39. The molecule has 10 rings (SSSR count). The van der Waals surface area contributed by atoms with Gasteiger partial charge in [-0.3, -0.25) is 0 Å². The number of anilines is 6. The Kier molecular flexibility index (Phi) is 10.7. The zero-order valence-electron chi connectivity index (χ0n) is 37.7. The van der Waals surface area contributed by atoms with Crippen molar-refractivity contribution in [2.75, 3.05) is 9.80 Å². The fraction of sp³-hybridized carbons (Fsp3) is 0.103. The molecule has 0 amide bonds. The van der Waals surface area contributed by atoms with Crippen LogP contribution >= 0.6 is 0 Å². The summed E-state index contributed by atoms with van der Waals surface area (Å²) in [5.74, 6) is -2.62. The number of hydrogen-bond acceptors (Lipinski definition) is 2. The summed E-state index contributed by atoms with van der Waals surface area (Å²) in [6, 6.07) is 56.6. The van der Waals surface area contributed by atoms with Crippen LogP contribution in [0.3, 0.4) is 0 Å².